The van der Waals surface area contributed by atoms with Gasteiger partial charge in [-0.1, -0.05) is 12.1 Å². The fraction of sp³-hybridized carbons (Fsp3) is 0.526. The molecule has 2 fully saturated rings. The van der Waals surface area contributed by atoms with Gasteiger partial charge in [-0.15, -0.1) is 11.3 Å². The predicted molar refractivity (Wildman–Crippen MR) is 97.0 cm³/mol. The molecule has 2 aliphatic heterocycles. The number of ether oxygens (including phenoxy) is 1. The molecule has 24 heavy (non-hydrogen) atoms. The number of hydrogen-bond donors (Lipinski definition) is 0. The first-order valence-electron chi connectivity index (χ1n) is 8.81. The maximum absolute atomic E-state index is 6.28. The maximum atomic E-state index is 6.28. The summed E-state index contributed by atoms with van der Waals surface area (Å²) < 4.78 is 6.28. The minimum Gasteiger partial charge on any atom is -0.372 e. The summed E-state index contributed by atoms with van der Waals surface area (Å²) in [6.45, 7) is 7.28. The first-order valence-corrected chi connectivity index (χ1v) is 9.69. The van der Waals surface area contributed by atoms with Gasteiger partial charge in [0, 0.05) is 56.5 Å². The monoisotopic (exact) mass is 343 g/mol. The Morgan fingerprint density at radius 2 is 2.00 bits per heavy atom. The number of morpholine rings is 1. The molecule has 0 unspecified atom stereocenters. The number of hydrogen-bond acceptors (Lipinski definition) is 5. The fourth-order valence-electron chi connectivity index (χ4n) is 3.85. The van der Waals surface area contributed by atoms with Crippen LogP contribution in [-0.4, -0.2) is 53.2 Å². The van der Waals surface area contributed by atoms with Crippen LogP contribution >= 0.6 is 11.3 Å². The van der Waals surface area contributed by atoms with Crippen LogP contribution in [0.3, 0.4) is 0 Å². The molecule has 128 valence electrons. The third-order valence-corrected chi connectivity index (χ3v) is 6.04. The lowest BCUT2D eigenvalue weighted by molar-refractivity contribution is -0.138. The van der Waals surface area contributed by atoms with Crippen molar-refractivity contribution in [2.75, 3.05) is 32.8 Å². The third kappa shape index (κ3) is 3.86. The summed E-state index contributed by atoms with van der Waals surface area (Å²) in [5.74, 6) is 0. The predicted octanol–water partition coefficient (Wildman–Crippen LogP) is 3.01. The van der Waals surface area contributed by atoms with Gasteiger partial charge in [0.15, 0.2) is 0 Å². The molecule has 0 amide bonds. The largest absolute Gasteiger partial charge is 0.372 e. The highest BCUT2D eigenvalue weighted by molar-refractivity contribution is 7.09. The lowest BCUT2D eigenvalue weighted by atomic mass is 9.89. The Balaban J connectivity index is 1.32. The lowest BCUT2D eigenvalue weighted by Gasteiger charge is -2.47. The number of nitrogens with zero attached hydrogens (tertiary/aromatic N) is 3. The molecule has 1 spiro atoms. The van der Waals surface area contributed by atoms with Crippen LogP contribution in [0.2, 0.25) is 0 Å². The number of likely N-dealkylation sites (tertiary alicyclic amines) is 1. The van der Waals surface area contributed by atoms with Crippen LogP contribution in [0.1, 0.15) is 23.3 Å². The zero-order valence-corrected chi connectivity index (χ0v) is 14.9. The molecule has 5 heteroatoms. The van der Waals surface area contributed by atoms with E-state index < -0.39 is 0 Å². The van der Waals surface area contributed by atoms with Crippen molar-refractivity contribution in [2.45, 2.75) is 31.5 Å². The van der Waals surface area contributed by atoms with E-state index in [0.29, 0.717) is 0 Å². The third-order valence-electron chi connectivity index (χ3n) is 5.18. The van der Waals surface area contributed by atoms with Gasteiger partial charge in [0.25, 0.3) is 0 Å². The molecule has 0 atom stereocenters. The molecule has 0 N–H and O–H groups in total. The molecule has 0 bridgehead atoms. The fourth-order valence-corrected chi connectivity index (χ4v) is 4.60. The molecule has 2 saturated heterocycles. The normalized spacial score (nSPS) is 22.0. The van der Waals surface area contributed by atoms with E-state index in [1.54, 1.807) is 0 Å². The van der Waals surface area contributed by atoms with Crippen LogP contribution in [0.4, 0.5) is 0 Å². The van der Waals surface area contributed by atoms with Gasteiger partial charge in [0.2, 0.25) is 0 Å². The Morgan fingerprint density at radius 1 is 1.08 bits per heavy atom. The highest BCUT2D eigenvalue weighted by atomic mass is 32.1. The van der Waals surface area contributed by atoms with Gasteiger partial charge in [-0.3, -0.25) is 14.8 Å². The molecule has 4 nitrogen and oxygen atoms in total. The van der Waals surface area contributed by atoms with E-state index >= 15 is 0 Å². The summed E-state index contributed by atoms with van der Waals surface area (Å²) in [5.41, 5.74) is 1.36. The van der Waals surface area contributed by atoms with Crippen molar-refractivity contribution in [3.8, 4) is 0 Å². The van der Waals surface area contributed by atoms with Crippen molar-refractivity contribution in [2.24, 2.45) is 0 Å². The standard InChI is InChI=1S/C19H25N3OS/c1-3-17(13-20-7-1)14-22-10-11-23-19(16-22)5-8-21(9-6-19)15-18-4-2-12-24-18/h1-4,7,12-13H,5-6,8-11,14-16H2. The molecule has 0 saturated carbocycles. The molecule has 2 aromatic heterocycles. The SMILES string of the molecule is c1cncc(CN2CCOC3(CCN(Cc4cccs4)CC3)C2)c1. The van der Waals surface area contributed by atoms with Crippen LogP contribution in [-0.2, 0) is 17.8 Å². The molecule has 0 radical (unpaired) electrons. The molecule has 4 rings (SSSR count). The van der Waals surface area contributed by atoms with Gasteiger partial charge in [-0.25, -0.2) is 0 Å². The van der Waals surface area contributed by atoms with Gasteiger partial charge in [-0.05, 0) is 35.9 Å². The smallest absolute Gasteiger partial charge is 0.0833 e. The minimum atomic E-state index is 0.0619. The zero-order chi connectivity index (χ0) is 16.2. The highest BCUT2D eigenvalue weighted by Crippen LogP contribution is 2.31. The Kier molecular flexibility index (Phi) is 4.94. The van der Waals surface area contributed by atoms with Gasteiger partial charge in [0.05, 0.1) is 12.2 Å². The van der Waals surface area contributed by atoms with E-state index in [1.807, 2.05) is 29.8 Å². The molecule has 0 aliphatic carbocycles. The van der Waals surface area contributed by atoms with E-state index in [2.05, 4.69) is 38.4 Å². The molecule has 2 aliphatic rings. The average molecular weight is 343 g/mol. The summed E-state index contributed by atoms with van der Waals surface area (Å²) in [7, 11) is 0. The van der Waals surface area contributed by atoms with E-state index in [-0.39, 0.29) is 5.60 Å². The summed E-state index contributed by atoms with van der Waals surface area (Å²) >= 11 is 1.86. The number of aromatic nitrogens is 1. The van der Waals surface area contributed by atoms with Crippen molar-refractivity contribution < 1.29 is 4.74 Å². The van der Waals surface area contributed by atoms with E-state index in [4.69, 9.17) is 4.74 Å². The topological polar surface area (TPSA) is 28.6 Å². The van der Waals surface area contributed by atoms with Gasteiger partial charge >= 0.3 is 0 Å². The molecule has 0 aromatic carbocycles. The summed E-state index contributed by atoms with van der Waals surface area (Å²) in [5, 5.41) is 2.17. The van der Waals surface area contributed by atoms with Crippen molar-refractivity contribution in [1.82, 2.24) is 14.8 Å². The molecule has 4 heterocycles. The summed E-state index contributed by atoms with van der Waals surface area (Å²) in [6, 6.07) is 8.57. The number of thiophene rings is 1. The first kappa shape index (κ1) is 16.2. The Hall–Kier alpha value is -1.27. The van der Waals surface area contributed by atoms with Crippen molar-refractivity contribution in [1.29, 1.82) is 0 Å². The second-order valence-corrected chi connectivity index (χ2v) is 7.99. The Morgan fingerprint density at radius 3 is 2.75 bits per heavy atom. The van der Waals surface area contributed by atoms with Crippen molar-refractivity contribution in [3.05, 3.63) is 52.5 Å². The van der Waals surface area contributed by atoms with Gasteiger partial charge < -0.3 is 4.74 Å². The van der Waals surface area contributed by atoms with Crippen LogP contribution in [0.25, 0.3) is 0 Å². The van der Waals surface area contributed by atoms with Crippen molar-refractivity contribution >= 4 is 11.3 Å². The molecular formula is C19H25N3OS. The second-order valence-electron chi connectivity index (χ2n) is 6.96. The van der Waals surface area contributed by atoms with Crippen molar-refractivity contribution in [3.63, 3.8) is 0 Å². The van der Waals surface area contributed by atoms with Gasteiger partial charge in [0.1, 0.15) is 0 Å². The lowest BCUT2D eigenvalue weighted by Crippen LogP contribution is -2.56. The summed E-state index contributed by atoms with van der Waals surface area (Å²) in [4.78, 5) is 10.8. The molecule has 2 aromatic rings. The first-order chi connectivity index (χ1) is 11.8. The Bertz CT molecular complexity index is 623. The van der Waals surface area contributed by atoms with E-state index in [9.17, 15) is 0 Å². The number of piperidine rings is 1. The number of pyridine rings is 1. The van der Waals surface area contributed by atoms with E-state index in [0.717, 1.165) is 58.7 Å². The van der Waals surface area contributed by atoms with Gasteiger partial charge in [-0.2, -0.15) is 0 Å². The van der Waals surface area contributed by atoms with E-state index in [1.165, 1.54) is 10.4 Å². The van der Waals surface area contributed by atoms with Crippen LogP contribution in [0, 0.1) is 0 Å². The van der Waals surface area contributed by atoms with Crippen LogP contribution in [0.15, 0.2) is 42.0 Å². The Labute approximate surface area is 148 Å². The second kappa shape index (κ2) is 7.31. The maximum Gasteiger partial charge on any atom is 0.0833 e. The summed E-state index contributed by atoms with van der Waals surface area (Å²) in [6.07, 6.45) is 6.10. The number of rotatable bonds is 4. The quantitative estimate of drug-likeness (QED) is 0.853. The zero-order valence-electron chi connectivity index (χ0n) is 14.1. The van der Waals surface area contributed by atoms with Crippen LogP contribution in [0.5, 0.6) is 0 Å². The average Bonchev–Trinajstić information content (AvgIpc) is 3.11. The molecular weight excluding hydrogens is 318 g/mol. The minimum absolute atomic E-state index is 0.0619. The van der Waals surface area contributed by atoms with Crippen LogP contribution < -0.4 is 0 Å². The highest BCUT2D eigenvalue weighted by Gasteiger charge is 2.39.